The van der Waals surface area contributed by atoms with Gasteiger partial charge in [0.2, 0.25) is 0 Å². The lowest BCUT2D eigenvalue weighted by molar-refractivity contribution is 0.333. The van der Waals surface area contributed by atoms with Gasteiger partial charge < -0.3 is 0 Å². The zero-order chi connectivity index (χ0) is 9.26. The minimum atomic E-state index is 0.448. The first kappa shape index (κ1) is 9.12. The van der Waals surface area contributed by atoms with Gasteiger partial charge in [-0.1, -0.05) is 28.8 Å². The summed E-state index contributed by atoms with van der Waals surface area (Å²) in [6, 6.07) is 0.448. The van der Waals surface area contributed by atoms with Gasteiger partial charge in [0, 0.05) is 4.83 Å². The van der Waals surface area contributed by atoms with E-state index in [9.17, 15) is 0 Å². The van der Waals surface area contributed by atoms with E-state index in [-0.39, 0.29) is 0 Å². The van der Waals surface area contributed by atoms with Crippen LogP contribution in [-0.4, -0.2) is 25.0 Å². The number of alkyl halides is 1. The molecule has 2 unspecified atom stereocenters. The Morgan fingerprint density at radius 2 is 2.15 bits per heavy atom. The Morgan fingerprint density at radius 1 is 1.38 bits per heavy atom. The summed E-state index contributed by atoms with van der Waals surface area (Å²) in [6.07, 6.45) is 5.01. The lowest BCUT2D eigenvalue weighted by Gasteiger charge is -2.27. The Kier molecular flexibility index (Phi) is 2.62. The van der Waals surface area contributed by atoms with E-state index in [4.69, 9.17) is 0 Å². The molecule has 1 aliphatic rings. The van der Waals surface area contributed by atoms with E-state index in [0.29, 0.717) is 10.9 Å². The lowest BCUT2D eigenvalue weighted by Crippen LogP contribution is -2.25. The summed E-state index contributed by atoms with van der Waals surface area (Å²) in [4.78, 5) is 0.531. The molecule has 0 radical (unpaired) electrons. The lowest BCUT2D eigenvalue weighted by atomic mass is 9.95. The van der Waals surface area contributed by atoms with E-state index in [0.717, 1.165) is 5.82 Å². The van der Waals surface area contributed by atoms with Crippen LogP contribution >= 0.6 is 15.9 Å². The highest BCUT2D eigenvalue weighted by molar-refractivity contribution is 9.09. The minimum Gasteiger partial charge on any atom is -0.226 e. The summed E-state index contributed by atoms with van der Waals surface area (Å²) in [5, 5.41) is 11.6. The number of halogens is 1. The monoisotopic (exact) mass is 244 g/mol. The Hall–Kier alpha value is -0.450. The topological polar surface area (TPSA) is 43.6 Å². The molecule has 1 fully saturated rings. The fraction of sp³-hybridized carbons (Fsp3) is 0.875. The summed E-state index contributed by atoms with van der Waals surface area (Å²) in [5.74, 6) is 0.913. The molecular formula is C8H13BrN4. The zero-order valence-corrected chi connectivity index (χ0v) is 9.24. The number of aromatic nitrogens is 4. The van der Waals surface area contributed by atoms with Crippen LogP contribution in [0.3, 0.4) is 0 Å². The predicted molar refractivity (Wildman–Crippen MR) is 52.8 cm³/mol. The van der Waals surface area contributed by atoms with Crippen molar-refractivity contribution in [3.05, 3.63) is 5.82 Å². The summed E-state index contributed by atoms with van der Waals surface area (Å²) < 4.78 is 1.94. The summed E-state index contributed by atoms with van der Waals surface area (Å²) in [5.41, 5.74) is 0. The highest BCUT2D eigenvalue weighted by atomic mass is 79.9. The number of rotatable bonds is 1. The maximum absolute atomic E-state index is 4.02. The van der Waals surface area contributed by atoms with Gasteiger partial charge in [-0.15, -0.1) is 5.10 Å². The molecular weight excluding hydrogens is 232 g/mol. The maximum atomic E-state index is 4.02. The van der Waals surface area contributed by atoms with Gasteiger partial charge in [0.1, 0.15) is 5.82 Å². The first-order chi connectivity index (χ1) is 6.29. The predicted octanol–water partition coefficient (Wildman–Crippen LogP) is 1.86. The van der Waals surface area contributed by atoms with Gasteiger partial charge >= 0.3 is 0 Å². The fourth-order valence-corrected chi connectivity index (χ4v) is 2.70. The van der Waals surface area contributed by atoms with Crippen molar-refractivity contribution in [1.82, 2.24) is 20.2 Å². The molecule has 4 nitrogen and oxygen atoms in total. The summed E-state index contributed by atoms with van der Waals surface area (Å²) in [7, 11) is 0. The molecule has 13 heavy (non-hydrogen) atoms. The highest BCUT2D eigenvalue weighted by Crippen LogP contribution is 2.33. The second-order valence-corrected chi connectivity index (χ2v) is 4.71. The molecule has 2 atom stereocenters. The Balaban J connectivity index is 2.19. The summed E-state index contributed by atoms with van der Waals surface area (Å²) >= 11 is 3.69. The van der Waals surface area contributed by atoms with Crippen LogP contribution in [0.15, 0.2) is 0 Å². The first-order valence-corrected chi connectivity index (χ1v) is 5.59. The molecule has 1 heterocycles. The van der Waals surface area contributed by atoms with Crippen molar-refractivity contribution in [3.63, 3.8) is 0 Å². The summed E-state index contributed by atoms with van der Waals surface area (Å²) in [6.45, 7) is 1.95. The van der Waals surface area contributed by atoms with E-state index < -0.39 is 0 Å². The Morgan fingerprint density at radius 3 is 2.77 bits per heavy atom. The van der Waals surface area contributed by atoms with E-state index in [1.807, 2.05) is 11.6 Å². The Labute approximate surface area is 85.8 Å². The third-order valence-electron chi connectivity index (χ3n) is 2.62. The van der Waals surface area contributed by atoms with E-state index in [1.165, 1.54) is 25.7 Å². The Bertz CT molecular complexity index is 285. The molecule has 1 aromatic heterocycles. The maximum Gasteiger partial charge on any atom is 0.148 e. The first-order valence-electron chi connectivity index (χ1n) is 4.67. The van der Waals surface area contributed by atoms with Crippen LogP contribution in [-0.2, 0) is 0 Å². The van der Waals surface area contributed by atoms with Crippen molar-refractivity contribution in [3.8, 4) is 0 Å². The van der Waals surface area contributed by atoms with Crippen molar-refractivity contribution in [2.24, 2.45) is 0 Å². The fourth-order valence-electron chi connectivity index (χ4n) is 1.89. The molecule has 0 amide bonds. The van der Waals surface area contributed by atoms with Gasteiger partial charge in [-0.25, -0.2) is 4.68 Å². The molecule has 0 aliphatic heterocycles. The molecule has 1 aromatic rings. The van der Waals surface area contributed by atoms with Crippen molar-refractivity contribution >= 4 is 15.9 Å². The van der Waals surface area contributed by atoms with Crippen LogP contribution in [0.4, 0.5) is 0 Å². The van der Waals surface area contributed by atoms with Crippen molar-refractivity contribution in [1.29, 1.82) is 0 Å². The van der Waals surface area contributed by atoms with Crippen LogP contribution in [0.2, 0.25) is 0 Å². The van der Waals surface area contributed by atoms with Gasteiger partial charge in [-0.3, -0.25) is 0 Å². The van der Waals surface area contributed by atoms with Gasteiger partial charge in [0.25, 0.3) is 0 Å². The molecule has 0 aromatic carbocycles. The van der Waals surface area contributed by atoms with Crippen molar-refractivity contribution < 1.29 is 0 Å². The van der Waals surface area contributed by atoms with Gasteiger partial charge in [-0.2, -0.15) is 0 Å². The number of hydrogen-bond acceptors (Lipinski definition) is 3. The standard InChI is InChI=1S/C8H13BrN4/c1-6-10-11-12-13(6)8-5-3-2-4-7(8)9/h7-8H,2-5H2,1H3. The molecule has 0 bridgehead atoms. The average Bonchev–Trinajstić information content (AvgIpc) is 2.52. The molecule has 2 rings (SSSR count). The van der Waals surface area contributed by atoms with Crippen LogP contribution in [0, 0.1) is 6.92 Å². The quantitative estimate of drug-likeness (QED) is 0.709. The molecule has 0 N–H and O–H groups in total. The number of tetrazole rings is 1. The molecule has 5 heteroatoms. The van der Waals surface area contributed by atoms with E-state index in [2.05, 4.69) is 31.5 Å². The van der Waals surface area contributed by atoms with Crippen molar-refractivity contribution in [2.75, 3.05) is 0 Å². The van der Waals surface area contributed by atoms with Crippen LogP contribution in [0.1, 0.15) is 37.5 Å². The molecule has 1 saturated carbocycles. The molecule has 0 spiro atoms. The van der Waals surface area contributed by atoms with Gasteiger partial charge in [0.05, 0.1) is 6.04 Å². The smallest absolute Gasteiger partial charge is 0.148 e. The van der Waals surface area contributed by atoms with Crippen molar-refractivity contribution in [2.45, 2.75) is 43.5 Å². The molecule has 72 valence electrons. The van der Waals surface area contributed by atoms with Gasteiger partial charge in [0.15, 0.2) is 0 Å². The normalized spacial score (nSPS) is 29.1. The third-order valence-corrected chi connectivity index (χ3v) is 3.69. The largest absolute Gasteiger partial charge is 0.226 e. The average molecular weight is 245 g/mol. The SMILES string of the molecule is Cc1nnnn1C1CCCCC1Br. The number of hydrogen-bond donors (Lipinski definition) is 0. The number of aryl methyl sites for hydroxylation is 1. The van der Waals surface area contributed by atoms with Gasteiger partial charge in [-0.05, 0) is 30.2 Å². The van der Waals surface area contributed by atoms with E-state index >= 15 is 0 Å². The van der Waals surface area contributed by atoms with Crippen LogP contribution in [0.5, 0.6) is 0 Å². The molecule has 1 aliphatic carbocycles. The number of nitrogens with zero attached hydrogens (tertiary/aromatic N) is 4. The zero-order valence-electron chi connectivity index (χ0n) is 7.65. The second kappa shape index (κ2) is 3.74. The second-order valence-electron chi connectivity index (χ2n) is 3.54. The third kappa shape index (κ3) is 1.75. The highest BCUT2D eigenvalue weighted by Gasteiger charge is 2.26. The van der Waals surface area contributed by atoms with E-state index in [1.54, 1.807) is 0 Å². The van der Waals surface area contributed by atoms with Crippen LogP contribution < -0.4 is 0 Å². The minimum absolute atomic E-state index is 0.448. The van der Waals surface area contributed by atoms with Crippen LogP contribution in [0.25, 0.3) is 0 Å². The molecule has 0 saturated heterocycles.